The molecule has 0 aliphatic carbocycles. The molecule has 178 valence electrons. The smallest absolute Gasteiger partial charge is 0.250 e. The van der Waals surface area contributed by atoms with E-state index in [0.717, 1.165) is 5.56 Å². The maximum atomic E-state index is 15.6. The van der Waals surface area contributed by atoms with Gasteiger partial charge in [-0.05, 0) is 41.8 Å². The molecule has 6 nitrogen and oxygen atoms in total. The number of carbonyl (C=O) groups is 2. The highest BCUT2D eigenvalue weighted by molar-refractivity contribution is 6.31. The standard InChI is InChI=1S/C26H21Cl2FN4O2/c27-15-6-7-17-20(12-15)31-25(35)26(17)22(16-4-1-5-18(28)23(16)29)24-19(32-26)8-10-33(24)21(34)11-14-3-2-9-30-13-14/h1-7,9,12-13,19,22,24,32H,8,10-11H2,(H,31,35)/t19-,22-,24?,26+/m0/s1. The van der Waals surface area contributed by atoms with Gasteiger partial charge in [0.2, 0.25) is 11.8 Å². The number of hydrogen-bond acceptors (Lipinski definition) is 4. The number of pyridine rings is 1. The van der Waals surface area contributed by atoms with Crippen molar-refractivity contribution in [1.82, 2.24) is 15.2 Å². The van der Waals surface area contributed by atoms with E-state index in [1.807, 2.05) is 6.07 Å². The van der Waals surface area contributed by atoms with Crippen molar-refractivity contribution in [3.05, 3.63) is 93.5 Å². The van der Waals surface area contributed by atoms with Crippen molar-refractivity contribution in [3.63, 3.8) is 0 Å². The number of anilines is 1. The van der Waals surface area contributed by atoms with Gasteiger partial charge < -0.3 is 10.2 Å². The van der Waals surface area contributed by atoms with Crippen molar-refractivity contribution in [2.75, 3.05) is 11.9 Å². The molecule has 0 radical (unpaired) electrons. The minimum absolute atomic E-state index is 0.0259. The maximum absolute atomic E-state index is 15.6. The molecule has 35 heavy (non-hydrogen) atoms. The number of amides is 2. The van der Waals surface area contributed by atoms with Crippen LogP contribution in [0, 0.1) is 5.82 Å². The van der Waals surface area contributed by atoms with E-state index in [9.17, 15) is 9.59 Å². The molecule has 9 heteroatoms. The zero-order chi connectivity index (χ0) is 24.3. The van der Waals surface area contributed by atoms with E-state index in [1.165, 1.54) is 6.07 Å². The average molecular weight is 511 g/mol. The predicted molar refractivity (Wildman–Crippen MR) is 131 cm³/mol. The SMILES string of the molecule is O=C(Cc1cccnc1)N1CC[C@@H]2N[C@@]3(C(=O)Nc4cc(Cl)ccc43)[C@@H](c3cccc(Cl)c3F)C21. The second kappa shape index (κ2) is 8.29. The van der Waals surface area contributed by atoms with Gasteiger partial charge in [-0.25, -0.2) is 4.39 Å². The minimum atomic E-state index is -1.27. The van der Waals surface area contributed by atoms with Crippen molar-refractivity contribution in [2.45, 2.75) is 36.4 Å². The Bertz CT molecular complexity index is 1350. The van der Waals surface area contributed by atoms with Crippen LogP contribution in [-0.2, 0) is 21.5 Å². The first-order chi connectivity index (χ1) is 16.9. The van der Waals surface area contributed by atoms with Gasteiger partial charge in [0, 0.05) is 47.2 Å². The van der Waals surface area contributed by atoms with Crippen LogP contribution >= 0.6 is 23.2 Å². The Labute approximate surface area is 211 Å². The van der Waals surface area contributed by atoms with Crippen molar-refractivity contribution < 1.29 is 14.0 Å². The summed E-state index contributed by atoms with van der Waals surface area (Å²) in [5.74, 6) is -1.67. The zero-order valence-electron chi connectivity index (χ0n) is 18.5. The molecule has 0 saturated carbocycles. The monoisotopic (exact) mass is 510 g/mol. The fourth-order valence-corrected chi connectivity index (χ4v) is 6.38. The lowest BCUT2D eigenvalue weighted by Crippen LogP contribution is -2.50. The van der Waals surface area contributed by atoms with Crippen LogP contribution in [-0.4, -0.2) is 40.3 Å². The molecule has 4 atom stereocenters. The summed E-state index contributed by atoms with van der Waals surface area (Å²) >= 11 is 12.4. The second-order valence-corrected chi connectivity index (χ2v) is 10.1. The third-order valence-electron chi connectivity index (χ3n) is 7.40. The van der Waals surface area contributed by atoms with Crippen molar-refractivity contribution in [2.24, 2.45) is 0 Å². The molecule has 1 aromatic heterocycles. The Hall–Kier alpha value is -3.00. The lowest BCUT2D eigenvalue weighted by atomic mass is 9.74. The Morgan fingerprint density at radius 1 is 1.20 bits per heavy atom. The molecule has 3 aliphatic heterocycles. The van der Waals surface area contributed by atoms with Gasteiger partial charge in [-0.2, -0.15) is 0 Å². The molecule has 3 aromatic rings. The molecule has 6 rings (SSSR count). The van der Waals surface area contributed by atoms with Gasteiger partial charge in [0.1, 0.15) is 11.4 Å². The summed E-state index contributed by atoms with van der Waals surface area (Å²) in [5.41, 5.74) is 1.09. The van der Waals surface area contributed by atoms with Gasteiger partial charge in [-0.1, -0.05) is 47.5 Å². The van der Waals surface area contributed by atoms with E-state index in [4.69, 9.17) is 23.2 Å². The van der Waals surface area contributed by atoms with E-state index in [1.54, 1.807) is 53.7 Å². The van der Waals surface area contributed by atoms with E-state index < -0.39 is 23.3 Å². The van der Waals surface area contributed by atoms with Crippen LogP contribution in [0.15, 0.2) is 60.9 Å². The van der Waals surface area contributed by atoms with Crippen LogP contribution in [0.3, 0.4) is 0 Å². The molecule has 2 fully saturated rings. The molecule has 1 spiro atoms. The summed E-state index contributed by atoms with van der Waals surface area (Å²) in [7, 11) is 0. The van der Waals surface area contributed by atoms with Gasteiger partial charge in [0.15, 0.2) is 0 Å². The number of benzene rings is 2. The topological polar surface area (TPSA) is 74.3 Å². The highest BCUT2D eigenvalue weighted by Gasteiger charge is 2.65. The van der Waals surface area contributed by atoms with Gasteiger partial charge in [-0.15, -0.1) is 0 Å². The van der Waals surface area contributed by atoms with Gasteiger partial charge in [0.05, 0.1) is 17.5 Å². The molecule has 2 N–H and O–H groups in total. The number of nitrogens with one attached hydrogen (secondary N) is 2. The second-order valence-electron chi connectivity index (χ2n) is 9.23. The minimum Gasteiger partial charge on any atom is -0.337 e. The molecular weight excluding hydrogens is 490 g/mol. The van der Waals surface area contributed by atoms with Crippen LogP contribution < -0.4 is 10.6 Å². The van der Waals surface area contributed by atoms with Crippen LogP contribution in [0.5, 0.6) is 0 Å². The molecular formula is C26H21Cl2FN4O2. The molecule has 2 aromatic carbocycles. The van der Waals surface area contributed by atoms with Crippen LogP contribution in [0.1, 0.15) is 29.0 Å². The number of halogens is 3. The number of aromatic nitrogens is 1. The van der Waals surface area contributed by atoms with E-state index >= 15 is 4.39 Å². The van der Waals surface area contributed by atoms with Gasteiger partial charge in [0.25, 0.3) is 0 Å². The van der Waals surface area contributed by atoms with Crippen LogP contribution in [0.25, 0.3) is 0 Å². The number of nitrogens with zero attached hydrogens (tertiary/aromatic N) is 2. The average Bonchev–Trinajstić information content (AvgIpc) is 3.47. The lowest BCUT2D eigenvalue weighted by Gasteiger charge is -2.36. The van der Waals surface area contributed by atoms with E-state index in [0.29, 0.717) is 34.8 Å². The van der Waals surface area contributed by atoms with Crippen LogP contribution in [0.4, 0.5) is 10.1 Å². The summed E-state index contributed by atoms with van der Waals surface area (Å²) < 4.78 is 15.6. The normalized spacial score (nSPS) is 26.7. The largest absolute Gasteiger partial charge is 0.337 e. The fourth-order valence-electron chi connectivity index (χ4n) is 6.03. The first-order valence-electron chi connectivity index (χ1n) is 11.4. The number of rotatable bonds is 3. The predicted octanol–water partition coefficient (Wildman–Crippen LogP) is 4.27. The quantitative estimate of drug-likeness (QED) is 0.551. The highest BCUT2D eigenvalue weighted by Crippen LogP contribution is 2.55. The van der Waals surface area contributed by atoms with E-state index in [-0.39, 0.29) is 29.3 Å². The van der Waals surface area contributed by atoms with Crippen molar-refractivity contribution in [1.29, 1.82) is 0 Å². The summed E-state index contributed by atoms with van der Waals surface area (Å²) in [5, 5.41) is 6.91. The summed E-state index contributed by atoms with van der Waals surface area (Å²) in [6.45, 7) is 0.505. The van der Waals surface area contributed by atoms with Crippen molar-refractivity contribution in [3.8, 4) is 0 Å². The Morgan fingerprint density at radius 3 is 2.86 bits per heavy atom. The van der Waals surface area contributed by atoms with Crippen molar-refractivity contribution >= 4 is 40.7 Å². The van der Waals surface area contributed by atoms with Crippen LogP contribution in [0.2, 0.25) is 10.0 Å². The zero-order valence-corrected chi connectivity index (χ0v) is 20.0. The molecule has 1 unspecified atom stereocenters. The Kier molecular flexibility index (Phi) is 5.32. The Balaban J connectivity index is 1.49. The molecule has 3 aliphatic rings. The third-order valence-corrected chi connectivity index (χ3v) is 7.93. The summed E-state index contributed by atoms with van der Waals surface area (Å²) in [4.78, 5) is 33.0. The number of likely N-dealkylation sites (tertiary alicyclic amines) is 1. The summed E-state index contributed by atoms with van der Waals surface area (Å²) in [6.07, 6.45) is 4.14. The highest BCUT2D eigenvalue weighted by atomic mass is 35.5. The maximum Gasteiger partial charge on any atom is 0.250 e. The number of hydrogen-bond donors (Lipinski definition) is 2. The molecule has 0 bridgehead atoms. The van der Waals surface area contributed by atoms with Gasteiger partial charge in [-0.3, -0.25) is 19.9 Å². The lowest BCUT2D eigenvalue weighted by molar-refractivity contribution is -0.132. The molecule has 4 heterocycles. The van der Waals surface area contributed by atoms with E-state index in [2.05, 4.69) is 15.6 Å². The fraction of sp³-hybridized carbons (Fsp3) is 0.269. The molecule has 2 amide bonds. The first-order valence-corrected chi connectivity index (χ1v) is 12.2. The van der Waals surface area contributed by atoms with Gasteiger partial charge >= 0.3 is 0 Å². The first kappa shape index (κ1) is 22.5. The Morgan fingerprint density at radius 2 is 2.06 bits per heavy atom. The number of fused-ring (bicyclic) bond motifs is 3. The summed E-state index contributed by atoms with van der Waals surface area (Å²) in [6, 6.07) is 13.0. The number of carbonyl (C=O) groups excluding carboxylic acids is 2. The molecule has 2 saturated heterocycles. The third kappa shape index (κ3) is 3.37.